The van der Waals surface area contributed by atoms with Crippen molar-refractivity contribution in [3.8, 4) is 11.8 Å². The summed E-state index contributed by atoms with van der Waals surface area (Å²) >= 11 is 0. The summed E-state index contributed by atoms with van der Waals surface area (Å²) in [6, 6.07) is 7.93. The molecule has 18 heavy (non-hydrogen) atoms. The molecule has 1 aromatic carbocycles. The molecular formula is C15H17NO2. The lowest BCUT2D eigenvalue weighted by molar-refractivity contribution is -0.128. The molecule has 3 nitrogen and oxygen atoms in total. The zero-order valence-electron chi connectivity index (χ0n) is 10.4. The summed E-state index contributed by atoms with van der Waals surface area (Å²) in [4.78, 5) is 13.4. The smallest absolute Gasteiger partial charge is 0.222 e. The highest BCUT2D eigenvalue weighted by molar-refractivity contribution is 5.78. The Labute approximate surface area is 107 Å². The van der Waals surface area contributed by atoms with Crippen LogP contribution >= 0.6 is 0 Å². The van der Waals surface area contributed by atoms with E-state index >= 15 is 0 Å². The van der Waals surface area contributed by atoms with Crippen molar-refractivity contribution in [1.29, 1.82) is 0 Å². The quantitative estimate of drug-likeness (QED) is 0.818. The number of carbonyl (C=O) groups excluding carboxylic acids is 1. The fraction of sp³-hybridized carbons (Fsp3) is 0.400. The maximum absolute atomic E-state index is 11.5. The number of amides is 1. The van der Waals surface area contributed by atoms with Crippen LogP contribution in [0.25, 0.3) is 0 Å². The number of aliphatic hydroxyl groups excluding tert-OH is 1. The molecule has 94 valence electrons. The van der Waals surface area contributed by atoms with Crippen LogP contribution in [-0.2, 0) is 11.3 Å². The first-order valence-electron chi connectivity index (χ1n) is 6.26. The molecule has 1 aliphatic heterocycles. The molecule has 0 bridgehead atoms. The summed E-state index contributed by atoms with van der Waals surface area (Å²) in [5.74, 6) is 6.15. The van der Waals surface area contributed by atoms with Gasteiger partial charge in [0.1, 0.15) is 0 Å². The van der Waals surface area contributed by atoms with Gasteiger partial charge in [0.05, 0.1) is 6.61 Å². The minimum atomic E-state index is 0.0922. The maximum Gasteiger partial charge on any atom is 0.222 e. The maximum atomic E-state index is 11.5. The third kappa shape index (κ3) is 3.35. The summed E-state index contributed by atoms with van der Waals surface area (Å²) in [5.41, 5.74) is 2.05. The summed E-state index contributed by atoms with van der Waals surface area (Å²) in [5, 5.41) is 8.67. The average Bonchev–Trinajstić information content (AvgIpc) is 2.76. The molecule has 1 heterocycles. The van der Waals surface area contributed by atoms with Gasteiger partial charge in [-0.15, -0.1) is 0 Å². The highest BCUT2D eigenvalue weighted by Crippen LogP contribution is 2.14. The molecule has 0 spiro atoms. The molecule has 0 radical (unpaired) electrons. The van der Waals surface area contributed by atoms with Crippen LogP contribution in [0.3, 0.4) is 0 Å². The number of hydrogen-bond donors (Lipinski definition) is 1. The molecule has 2 rings (SSSR count). The summed E-state index contributed by atoms with van der Waals surface area (Å²) in [7, 11) is 0. The van der Waals surface area contributed by atoms with Crippen LogP contribution in [0.1, 0.15) is 30.4 Å². The van der Waals surface area contributed by atoms with E-state index < -0.39 is 0 Å². The van der Waals surface area contributed by atoms with Gasteiger partial charge in [0.25, 0.3) is 0 Å². The Bertz CT molecular complexity index is 485. The summed E-state index contributed by atoms with van der Waals surface area (Å²) in [6.07, 6.45) is 2.14. The van der Waals surface area contributed by atoms with E-state index in [1.54, 1.807) is 0 Å². The van der Waals surface area contributed by atoms with E-state index in [2.05, 4.69) is 11.8 Å². The van der Waals surface area contributed by atoms with Crippen molar-refractivity contribution < 1.29 is 9.90 Å². The van der Waals surface area contributed by atoms with Crippen LogP contribution in [-0.4, -0.2) is 29.1 Å². The Balaban J connectivity index is 2.03. The fourth-order valence-corrected chi connectivity index (χ4v) is 2.06. The van der Waals surface area contributed by atoms with Crippen LogP contribution < -0.4 is 0 Å². The molecular weight excluding hydrogens is 226 g/mol. The molecule has 0 unspecified atom stereocenters. The van der Waals surface area contributed by atoms with Crippen LogP contribution in [0, 0.1) is 11.8 Å². The number of benzene rings is 1. The molecule has 1 N–H and O–H groups in total. The Morgan fingerprint density at radius 2 is 2.28 bits per heavy atom. The van der Waals surface area contributed by atoms with Crippen molar-refractivity contribution in [2.75, 3.05) is 13.2 Å². The lowest BCUT2D eigenvalue weighted by atomic mass is 10.1. The van der Waals surface area contributed by atoms with Gasteiger partial charge < -0.3 is 10.0 Å². The highest BCUT2D eigenvalue weighted by Gasteiger charge is 2.19. The van der Waals surface area contributed by atoms with E-state index in [4.69, 9.17) is 5.11 Å². The van der Waals surface area contributed by atoms with Crippen LogP contribution in [0.5, 0.6) is 0 Å². The monoisotopic (exact) mass is 243 g/mol. The Kier molecular flexibility index (Phi) is 4.38. The Morgan fingerprint density at radius 1 is 1.39 bits per heavy atom. The third-order valence-electron chi connectivity index (χ3n) is 2.94. The van der Waals surface area contributed by atoms with Gasteiger partial charge in [0, 0.05) is 31.5 Å². The lowest BCUT2D eigenvalue weighted by Crippen LogP contribution is -2.23. The molecule has 3 heteroatoms. The molecule has 1 amide bonds. The predicted octanol–water partition coefficient (Wildman–Crippen LogP) is 1.54. The number of likely N-dealkylation sites (tertiary alicyclic amines) is 1. The zero-order chi connectivity index (χ0) is 12.8. The van der Waals surface area contributed by atoms with E-state index in [9.17, 15) is 4.79 Å². The third-order valence-corrected chi connectivity index (χ3v) is 2.94. The van der Waals surface area contributed by atoms with Gasteiger partial charge in [-0.1, -0.05) is 24.0 Å². The van der Waals surface area contributed by atoms with E-state index in [1.807, 2.05) is 29.2 Å². The van der Waals surface area contributed by atoms with E-state index in [0.717, 1.165) is 24.1 Å². The molecule has 1 fully saturated rings. The first kappa shape index (κ1) is 12.7. The van der Waals surface area contributed by atoms with Gasteiger partial charge in [-0.3, -0.25) is 4.79 Å². The molecule has 0 aromatic heterocycles. The predicted molar refractivity (Wildman–Crippen MR) is 69.7 cm³/mol. The number of nitrogens with zero attached hydrogens (tertiary/aromatic N) is 1. The van der Waals surface area contributed by atoms with E-state index in [-0.39, 0.29) is 12.5 Å². The van der Waals surface area contributed by atoms with Crippen molar-refractivity contribution in [3.63, 3.8) is 0 Å². The van der Waals surface area contributed by atoms with Crippen molar-refractivity contribution in [2.24, 2.45) is 0 Å². The van der Waals surface area contributed by atoms with Gasteiger partial charge in [-0.25, -0.2) is 0 Å². The molecule has 1 aliphatic rings. The van der Waals surface area contributed by atoms with Crippen LogP contribution in [0.4, 0.5) is 0 Å². The fourth-order valence-electron chi connectivity index (χ4n) is 2.06. The van der Waals surface area contributed by atoms with Crippen molar-refractivity contribution in [3.05, 3.63) is 35.4 Å². The minimum absolute atomic E-state index is 0.0922. The number of hydrogen-bond acceptors (Lipinski definition) is 2. The van der Waals surface area contributed by atoms with Crippen molar-refractivity contribution in [2.45, 2.75) is 25.8 Å². The van der Waals surface area contributed by atoms with Gasteiger partial charge in [0.2, 0.25) is 5.91 Å². The van der Waals surface area contributed by atoms with E-state index in [0.29, 0.717) is 19.4 Å². The minimum Gasteiger partial charge on any atom is -0.395 e. The Hall–Kier alpha value is -1.79. The topological polar surface area (TPSA) is 40.5 Å². The second-order valence-corrected chi connectivity index (χ2v) is 4.39. The highest BCUT2D eigenvalue weighted by atomic mass is 16.2. The van der Waals surface area contributed by atoms with E-state index in [1.165, 1.54) is 0 Å². The normalized spacial score (nSPS) is 14.5. The van der Waals surface area contributed by atoms with Gasteiger partial charge >= 0.3 is 0 Å². The molecule has 0 aliphatic carbocycles. The molecule has 1 saturated heterocycles. The number of carbonyl (C=O) groups is 1. The van der Waals surface area contributed by atoms with Crippen LogP contribution in [0.15, 0.2) is 24.3 Å². The van der Waals surface area contributed by atoms with Crippen molar-refractivity contribution in [1.82, 2.24) is 4.90 Å². The first-order valence-corrected chi connectivity index (χ1v) is 6.26. The summed E-state index contributed by atoms with van der Waals surface area (Å²) in [6.45, 7) is 1.63. The second-order valence-electron chi connectivity index (χ2n) is 4.39. The second kappa shape index (κ2) is 6.23. The standard InChI is InChI=1S/C15H17NO2/c17-10-2-1-5-13-6-3-7-14(11-13)12-16-9-4-8-15(16)18/h3,6-7,11,17H,2,4,8-10,12H2. The lowest BCUT2D eigenvalue weighted by Gasteiger charge is -2.15. The van der Waals surface area contributed by atoms with Gasteiger partial charge in [0.15, 0.2) is 0 Å². The number of rotatable bonds is 3. The largest absolute Gasteiger partial charge is 0.395 e. The Morgan fingerprint density at radius 3 is 3.00 bits per heavy atom. The van der Waals surface area contributed by atoms with Gasteiger partial charge in [-0.05, 0) is 24.1 Å². The molecule has 0 saturated carbocycles. The summed E-state index contributed by atoms with van der Waals surface area (Å²) < 4.78 is 0. The molecule has 1 aromatic rings. The average molecular weight is 243 g/mol. The first-order chi connectivity index (χ1) is 8.79. The number of aliphatic hydroxyl groups is 1. The zero-order valence-corrected chi connectivity index (χ0v) is 10.4. The van der Waals surface area contributed by atoms with Crippen molar-refractivity contribution >= 4 is 5.91 Å². The van der Waals surface area contributed by atoms with Gasteiger partial charge in [-0.2, -0.15) is 0 Å². The molecule has 0 atom stereocenters. The van der Waals surface area contributed by atoms with Crippen LogP contribution in [0.2, 0.25) is 0 Å². The SMILES string of the molecule is O=C1CCCN1Cc1cccc(C#CCCO)c1.